The van der Waals surface area contributed by atoms with Crippen molar-refractivity contribution < 1.29 is 0 Å². The Morgan fingerprint density at radius 1 is 1.00 bits per heavy atom. The second-order valence-corrected chi connectivity index (χ2v) is 4.19. The van der Waals surface area contributed by atoms with Crippen LogP contribution in [0.25, 0.3) is 0 Å². The van der Waals surface area contributed by atoms with Crippen LogP contribution in [0.1, 0.15) is 38.7 Å². The summed E-state index contributed by atoms with van der Waals surface area (Å²) in [6.07, 6.45) is 4.95. The molecule has 0 bridgehead atoms. The maximum atomic E-state index is 2.33. The second kappa shape index (κ2) is 6.49. The largest absolute Gasteiger partial charge is 0.375 e. The first-order valence-electron chi connectivity index (χ1n) is 6.08. The summed E-state index contributed by atoms with van der Waals surface area (Å²) in [5.74, 6) is 0. The molecule has 0 heterocycles. The van der Waals surface area contributed by atoms with Crippen LogP contribution >= 0.6 is 0 Å². The molecule has 0 radical (unpaired) electrons. The summed E-state index contributed by atoms with van der Waals surface area (Å²) in [5.41, 5.74) is 2.79. The van der Waals surface area contributed by atoms with Gasteiger partial charge in [0.05, 0.1) is 0 Å². The molecule has 0 aromatic heterocycles. The fourth-order valence-corrected chi connectivity index (χ4v) is 1.73. The summed E-state index contributed by atoms with van der Waals surface area (Å²) in [5, 5.41) is 0. The van der Waals surface area contributed by atoms with Crippen molar-refractivity contribution in [3.63, 3.8) is 0 Å². The topological polar surface area (TPSA) is 3.24 Å². The molecule has 1 nitrogen and oxygen atoms in total. The molecule has 0 spiro atoms. The Morgan fingerprint density at radius 3 is 2.20 bits per heavy atom. The Hall–Kier alpha value is -0.980. The fourth-order valence-electron chi connectivity index (χ4n) is 1.73. The number of unbranched alkanes of at least 4 members (excludes halogenated alkanes) is 1. The Morgan fingerprint density at radius 2 is 1.67 bits per heavy atom. The highest BCUT2D eigenvalue weighted by molar-refractivity contribution is 5.46. The van der Waals surface area contributed by atoms with Gasteiger partial charge in [-0.15, -0.1) is 0 Å². The van der Waals surface area contributed by atoms with Crippen LogP contribution in [0.5, 0.6) is 0 Å². The molecule has 0 saturated carbocycles. The molecule has 1 rings (SSSR count). The van der Waals surface area contributed by atoms with Crippen molar-refractivity contribution in [3.8, 4) is 0 Å². The van der Waals surface area contributed by atoms with Crippen LogP contribution < -0.4 is 4.90 Å². The van der Waals surface area contributed by atoms with Gasteiger partial charge in [0.1, 0.15) is 0 Å². The van der Waals surface area contributed by atoms with Crippen molar-refractivity contribution in [1.29, 1.82) is 0 Å². The lowest BCUT2D eigenvalue weighted by Crippen LogP contribution is -2.18. The summed E-state index contributed by atoms with van der Waals surface area (Å²) in [6, 6.07) is 8.98. The Balaban J connectivity index is 2.54. The van der Waals surface area contributed by atoms with Crippen molar-refractivity contribution in [2.45, 2.75) is 39.5 Å². The predicted molar refractivity (Wildman–Crippen MR) is 68.6 cm³/mol. The third-order valence-corrected chi connectivity index (χ3v) is 2.76. The number of hydrogen-bond acceptors (Lipinski definition) is 1. The summed E-state index contributed by atoms with van der Waals surface area (Å²) >= 11 is 0. The van der Waals surface area contributed by atoms with Gasteiger partial charge in [-0.05, 0) is 30.5 Å². The average Bonchev–Trinajstić information content (AvgIpc) is 2.27. The van der Waals surface area contributed by atoms with E-state index in [1.807, 2.05) is 0 Å². The highest BCUT2D eigenvalue weighted by Gasteiger charge is 1.99. The van der Waals surface area contributed by atoms with Gasteiger partial charge >= 0.3 is 0 Å². The zero-order chi connectivity index (χ0) is 11.1. The van der Waals surface area contributed by atoms with Gasteiger partial charge in [0.15, 0.2) is 0 Å². The molecule has 0 amide bonds. The van der Waals surface area contributed by atoms with Crippen LogP contribution in [0.4, 0.5) is 5.69 Å². The lowest BCUT2D eigenvalue weighted by Gasteiger charge is -2.19. The highest BCUT2D eigenvalue weighted by atomic mass is 15.1. The molecule has 0 N–H and O–H groups in total. The molecule has 15 heavy (non-hydrogen) atoms. The van der Waals surface area contributed by atoms with Gasteiger partial charge in [-0.3, -0.25) is 0 Å². The molecule has 0 fully saturated rings. The third kappa shape index (κ3) is 3.94. The average molecular weight is 205 g/mol. The number of aryl methyl sites for hydroxylation is 1. The number of rotatable bonds is 6. The standard InChI is InChI=1S/C14H23N/c1-4-6-12-15(3)14-10-8-13(7-5-2)9-11-14/h8-11H,4-7,12H2,1-3H3. The first-order valence-corrected chi connectivity index (χ1v) is 6.08. The predicted octanol–water partition coefficient (Wildman–Crippen LogP) is 3.88. The second-order valence-electron chi connectivity index (χ2n) is 4.19. The van der Waals surface area contributed by atoms with Gasteiger partial charge in [0, 0.05) is 19.3 Å². The molecule has 0 saturated heterocycles. The van der Waals surface area contributed by atoms with Crippen molar-refractivity contribution in [3.05, 3.63) is 29.8 Å². The van der Waals surface area contributed by atoms with E-state index in [1.165, 1.54) is 36.9 Å². The lowest BCUT2D eigenvalue weighted by atomic mass is 10.1. The van der Waals surface area contributed by atoms with Crippen molar-refractivity contribution in [1.82, 2.24) is 0 Å². The highest BCUT2D eigenvalue weighted by Crippen LogP contribution is 2.15. The molecule has 1 aromatic carbocycles. The molecule has 1 aromatic rings. The van der Waals surface area contributed by atoms with Gasteiger partial charge < -0.3 is 4.90 Å². The Bertz CT molecular complexity index is 263. The van der Waals surface area contributed by atoms with E-state index < -0.39 is 0 Å². The summed E-state index contributed by atoms with van der Waals surface area (Å²) in [6.45, 7) is 5.61. The third-order valence-electron chi connectivity index (χ3n) is 2.76. The van der Waals surface area contributed by atoms with E-state index in [-0.39, 0.29) is 0 Å². The van der Waals surface area contributed by atoms with Crippen LogP contribution in [-0.4, -0.2) is 13.6 Å². The monoisotopic (exact) mass is 205 g/mol. The van der Waals surface area contributed by atoms with Crippen molar-refractivity contribution in [2.24, 2.45) is 0 Å². The number of anilines is 1. The van der Waals surface area contributed by atoms with Gasteiger partial charge in [0.25, 0.3) is 0 Å². The van der Waals surface area contributed by atoms with E-state index >= 15 is 0 Å². The lowest BCUT2D eigenvalue weighted by molar-refractivity contribution is 0.766. The summed E-state index contributed by atoms with van der Waals surface area (Å²) < 4.78 is 0. The quantitative estimate of drug-likeness (QED) is 0.681. The number of nitrogens with zero attached hydrogens (tertiary/aromatic N) is 1. The van der Waals surface area contributed by atoms with E-state index in [4.69, 9.17) is 0 Å². The maximum absolute atomic E-state index is 2.33. The van der Waals surface area contributed by atoms with E-state index in [2.05, 4.69) is 50.1 Å². The van der Waals surface area contributed by atoms with Gasteiger partial charge in [-0.25, -0.2) is 0 Å². The first-order chi connectivity index (χ1) is 7.27. The van der Waals surface area contributed by atoms with Crippen LogP contribution in [-0.2, 0) is 6.42 Å². The van der Waals surface area contributed by atoms with Crippen LogP contribution in [0.15, 0.2) is 24.3 Å². The van der Waals surface area contributed by atoms with Gasteiger partial charge in [-0.1, -0.05) is 38.8 Å². The number of hydrogen-bond donors (Lipinski definition) is 0. The Kier molecular flexibility index (Phi) is 5.23. The minimum atomic E-state index is 1.16. The molecule has 0 aliphatic rings. The zero-order valence-electron chi connectivity index (χ0n) is 10.3. The molecule has 1 heteroatoms. The SMILES string of the molecule is CCCCN(C)c1ccc(CCC)cc1. The van der Waals surface area contributed by atoms with E-state index in [9.17, 15) is 0 Å². The molecular weight excluding hydrogens is 182 g/mol. The molecule has 0 unspecified atom stereocenters. The maximum Gasteiger partial charge on any atom is 0.0363 e. The number of benzene rings is 1. The normalized spacial score (nSPS) is 10.3. The molecule has 0 aliphatic heterocycles. The fraction of sp³-hybridized carbons (Fsp3) is 0.571. The first kappa shape index (κ1) is 12.1. The van der Waals surface area contributed by atoms with E-state index in [0.717, 1.165) is 6.54 Å². The molecular formula is C14H23N. The van der Waals surface area contributed by atoms with Gasteiger partial charge in [-0.2, -0.15) is 0 Å². The zero-order valence-corrected chi connectivity index (χ0v) is 10.3. The van der Waals surface area contributed by atoms with E-state index in [1.54, 1.807) is 0 Å². The molecule has 84 valence electrons. The summed E-state index contributed by atoms with van der Waals surface area (Å²) in [7, 11) is 2.17. The Labute approximate surface area is 94.1 Å². The molecule has 0 atom stereocenters. The minimum absolute atomic E-state index is 1.16. The van der Waals surface area contributed by atoms with Gasteiger partial charge in [0.2, 0.25) is 0 Å². The van der Waals surface area contributed by atoms with E-state index in [0.29, 0.717) is 0 Å². The van der Waals surface area contributed by atoms with Crippen molar-refractivity contribution in [2.75, 3.05) is 18.5 Å². The van der Waals surface area contributed by atoms with Crippen LogP contribution in [0.2, 0.25) is 0 Å². The molecule has 0 aliphatic carbocycles. The summed E-state index contributed by atoms with van der Waals surface area (Å²) in [4.78, 5) is 2.33. The van der Waals surface area contributed by atoms with Crippen LogP contribution in [0, 0.1) is 0 Å². The minimum Gasteiger partial charge on any atom is -0.375 e. The smallest absolute Gasteiger partial charge is 0.0363 e. The van der Waals surface area contributed by atoms with Crippen LogP contribution in [0.3, 0.4) is 0 Å². The van der Waals surface area contributed by atoms with Crippen molar-refractivity contribution >= 4 is 5.69 Å².